The summed E-state index contributed by atoms with van der Waals surface area (Å²) in [6.07, 6.45) is 0. The van der Waals surface area contributed by atoms with Crippen molar-refractivity contribution >= 4 is 11.6 Å². The molecule has 0 radical (unpaired) electrons. The zero-order chi connectivity index (χ0) is 13.0. The molecule has 1 aromatic carbocycles. The van der Waals surface area contributed by atoms with Crippen LogP contribution in [0.2, 0.25) is 5.02 Å². The number of piperazine rings is 1. The molecule has 0 spiro atoms. The van der Waals surface area contributed by atoms with Gasteiger partial charge in [-0.25, -0.2) is 0 Å². The molecule has 1 aliphatic heterocycles. The third kappa shape index (κ3) is 2.78. The molecule has 0 bridgehead atoms. The number of nitrogens with zero attached hydrogens (tertiary/aromatic N) is 1. The van der Waals surface area contributed by atoms with Crippen LogP contribution in [0.15, 0.2) is 18.2 Å². The number of aliphatic hydroxyl groups is 1. The minimum Gasteiger partial charge on any atom is -0.496 e. The van der Waals surface area contributed by atoms with Crippen molar-refractivity contribution in [1.29, 1.82) is 0 Å². The van der Waals surface area contributed by atoms with Gasteiger partial charge in [0.15, 0.2) is 0 Å². The topological polar surface area (TPSA) is 44.7 Å². The number of ether oxygens (including phenoxy) is 1. The van der Waals surface area contributed by atoms with Crippen LogP contribution >= 0.6 is 11.6 Å². The zero-order valence-electron chi connectivity index (χ0n) is 10.5. The lowest BCUT2D eigenvalue weighted by atomic mass is 10.0. The average Bonchev–Trinajstić information content (AvgIpc) is 2.42. The van der Waals surface area contributed by atoms with Gasteiger partial charge < -0.3 is 15.2 Å². The summed E-state index contributed by atoms with van der Waals surface area (Å²) < 4.78 is 5.36. The van der Waals surface area contributed by atoms with Gasteiger partial charge in [-0.1, -0.05) is 17.7 Å². The van der Waals surface area contributed by atoms with E-state index in [1.807, 2.05) is 18.2 Å². The highest BCUT2D eigenvalue weighted by Gasteiger charge is 2.26. The molecule has 1 aliphatic rings. The van der Waals surface area contributed by atoms with Gasteiger partial charge in [-0.2, -0.15) is 0 Å². The van der Waals surface area contributed by atoms with Crippen LogP contribution in [0.25, 0.3) is 0 Å². The highest BCUT2D eigenvalue weighted by Crippen LogP contribution is 2.35. The molecule has 0 aromatic heterocycles. The van der Waals surface area contributed by atoms with Gasteiger partial charge in [0.1, 0.15) is 5.75 Å². The van der Waals surface area contributed by atoms with Gasteiger partial charge in [-0.05, 0) is 12.1 Å². The Morgan fingerprint density at radius 2 is 2.17 bits per heavy atom. The Labute approximate surface area is 113 Å². The van der Waals surface area contributed by atoms with Crippen molar-refractivity contribution in [1.82, 2.24) is 10.2 Å². The summed E-state index contributed by atoms with van der Waals surface area (Å²) in [5.74, 6) is 0.736. The SMILES string of the molecule is COc1cccc(Cl)c1C(CO)N1CCNCC1. The second-order valence-electron chi connectivity index (χ2n) is 4.34. The van der Waals surface area contributed by atoms with Crippen LogP contribution in [-0.2, 0) is 0 Å². The second kappa shape index (κ2) is 6.38. The molecule has 0 saturated carbocycles. The van der Waals surface area contributed by atoms with E-state index in [0.29, 0.717) is 5.02 Å². The van der Waals surface area contributed by atoms with E-state index in [-0.39, 0.29) is 12.6 Å². The van der Waals surface area contributed by atoms with E-state index in [1.54, 1.807) is 7.11 Å². The molecule has 100 valence electrons. The fraction of sp³-hybridized carbons (Fsp3) is 0.538. The smallest absolute Gasteiger partial charge is 0.125 e. The minimum atomic E-state index is -0.101. The van der Waals surface area contributed by atoms with Gasteiger partial charge in [0.2, 0.25) is 0 Å². The highest BCUT2D eigenvalue weighted by atomic mass is 35.5. The molecule has 18 heavy (non-hydrogen) atoms. The summed E-state index contributed by atoms with van der Waals surface area (Å²) in [6.45, 7) is 3.71. The Balaban J connectivity index is 2.31. The maximum absolute atomic E-state index is 9.70. The van der Waals surface area contributed by atoms with Crippen LogP contribution in [0, 0.1) is 0 Å². The van der Waals surface area contributed by atoms with Gasteiger partial charge in [-0.15, -0.1) is 0 Å². The molecule has 1 unspecified atom stereocenters. The molecule has 1 fully saturated rings. The first-order valence-electron chi connectivity index (χ1n) is 6.16. The Morgan fingerprint density at radius 3 is 2.78 bits per heavy atom. The zero-order valence-corrected chi connectivity index (χ0v) is 11.3. The fourth-order valence-electron chi connectivity index (χ4n) is 2.40. The number of hydrogen-bond donors (Lipinski definition) is 2. The highest BCUT2D eigenvalue weighted by molar-refractivity contribution is 6.31. The molecule has 4 nitrogen and oxygen atoms in total. The predicted octanol–water partition coefficient (Wildman–Crippen LogP) is 1.29. The molecule has 2 rings (SSSR count). The summed E-state index contributed by atoms with van der Waals surface area (Å²) >= 11 is 6.27. The Bertz CT molecular complexity index is 395. The predicted molar refractivity (Wildman–Crippen MR) is 72.3 cm³/mol. The van der Waals surface area contributed by atoms with Crippen LogP contribution < -0.4 is 10.1 Å². The molecular formula is C13H19ClN2O2. The molecule has 0 aliphatic carbocycles. The second-order valence-corrected chi connectivity index (χ2v) is 4.75. The largest absolute Gasteiger partial charge is 0.496 e. The van der Waals surface area contributed by atoms with Crippen molar-refractivity contribution in [3.63, 3.8) is 0 Å². The van der Waals surface area contributed by atoms with Crippen molar-refractivity contribution in [3.8, 4) is 5.75 Å². The molecule has 1 atom stereocenters. The third-order valence-corrected chi connectivity index (χ3v) is 3.66. The van der Waals surface area contributed by atoms with E-state index in [0.717, 1.165) is 37.5 Å². The molecule has 1 aromatic rings. The lowest BCUT2D eigenvalue weighted by molar-refractivity contribution is 0.109. The Kier molecular flexibility index (Phi) is 4.83. The number of benzene rings is 1. The normalized spacial score (nSPS) is 18.6. The minimum absolute atomic E-state index is 0.0418. The summed E-state index contributed by atoms with van der Waals surface area (Å²) in [5, 5.41) is 13.6. The van der Waals surface area contributed by atoms with Crippen LogP contribution in [0.5, 0.6) is 5.75 Å². The molecular weight excluding hydrogens is 252 g/mol. The first-order chi connectivity index (χ1) is 8.77. The lowest BCUT2D eigenvalue weighted by Crippen LogP contribution is -2.46. The van der Waals surface area contributed by atoms with Gasteiger partial charge in [-0.3, -0.25) is 4.90 Å². The molecule has 1 saturated heterocycles. The van der Waals surface area contributed by atoms with E-state index < -0.39 is 0 Å². The van der Waals surface area contributed by atoms with E-state index in [4.69, 9.17) is 16.3 Å². The lowest BCUT2D eigenvalue weighted by Gasteiger charge is -2.35. The van der Waals surface area contributed by atoms with Crippen molar-refractivity contribution in [2.75, 3.05) is 39.9 Å². The monoisotopic (exact) mass is 270 g/mol. The maximum Gasteiger partial charge on any atom is 0.125 e. The number of hydrogen-bond acceptors (Lipinski definition) is 4. The van der Waals surface area contributed by atoms with Gasteiger partial charge in [0.25, 0.3) is 0 Å². The molecule has 1 heterocycles. The summed E-state index contributed by atoms with van der Waals surface area (Å²) in [7, 11) is 1.63. The van der Waals surface area contributed by atoms with Crippen molar-refractivity contribution in [2.45, 2.75) is 6.04 Å². The van der Waals surface area contributed by atoms with Crippen LogP contribution in [-0.4, -0.2) is 49.9 Å². The fourth-order valence-corrected chi connectivity index (χ4v) is 2.69. The quantitative estimate of drug-likeness (QED) is 0.865. The summed E-state index contributed by atoms with van der Waals surface area (Å²) in [5.41, 5.74) is 0.881. The van der Waals surface area contributed by atoms with Crippen molar-refractivity contribution < 1.29 is 9.84 Å². The number of methoxy groups -OCH3 is 1. The van der Waals surface area contributed by atoms with Gasteiger partial charge >= 0.3 is 0 Å². The van der Waals surface area contributed by atoms with Gasteiger partial charge in [0.05, 0.1) is 19.8 Å². The molecule has 5 heteroatoms. The maximum atomic E-state index is 9.70. The van der Waals surface area contributed by atoms with E-state index in [2.05, 4.69) is 10.2 Å². The number of nitrogens with one attached hydrogen (secondary N) is 1. The molecule has 2 N–H and O–H groups in total. The number of aliphatic hydroxyl groups excluding tert-OH is 1. The number of halogens is 1. The van der Waals surface area contributed by atoms with E-state index in [9.17, 15) is 5.11 Å². The third-order valence-electron chi connectivity index (χ3n) is 3.33. The van der Waals surface area contributed by atoms with E-state index in [1.165, 1.54) is 0 Å². The first kappa shape index (κ1) is 13.6. The van der Waals surface area contributed by atoms with Crippen molar-refractivity contribution in [2.24, 2.45) is 0 Å². The summed E-state index contributed by atoms with van der Waals surface area (Å²) in [4.78, 5) is 2.24. The van der Waals surface area contributed by atoms with Crippen LogP contribution in [0.4, 0.5) is 0 Å². The standard InChI is InChI=1S/C13H19ClN2O2/c1-18-12-4-2-3-10(14)13(12)11(9-17)16-7-5-15-6-8-16/h2-4,11,15,17H,5-9H2,1H3. The molecule has 0 amide bonds. The average molecular weight is 271 g/mol. The van der Waals surface area contributed by atoms with E-state index >= 15 is 0 Å². The van der Waals surface area contributed by atoms with Gasteiger partial charge in [0, 0.05) is 36.8 Å². The Morgan fingerprint density at radius 1 is 1.44 bits per heavy atom. The van der Waals surface area contributed by atoms with Crippen molar-refractivity contribution in [3.05, 3.63) is 28.8 Å². The van der Waals surface area contributed by atoms with Crippen LogP contribution in [0.1, 0.15) is 11.6 Å². The number of rotatable bonds is 4. The Hall–Kier alpha value is -0.810. The summed E-state index contributed by atoms with van der Waals surface area (Å²) in [6, 6.07) is 5.48. The van der Waals surface area contributed by atoms with Crippen LogP contribution in [0.3, 0.4) is 0 Å². The first-order valence-corrected chi connectivity index (χ1v) is 6.53.